The zero-order chi connectivity index (χ0) is 13.8. The van der Waals surface area contributed by atoms with Gasteiger partial charge < -0.3 is 14.4 Å². The molecule has 1 saturated heterocycles. The van der Waals surface area contributed by atoms with Gasteiger partial charge in [-0.25, -0.2) is 0 Å². The van der Waals surface area contributed by atoms with E-state index in [9.17, 15) is 4.79 Å². The van der Waals surface area contributed by atoms with Crippen molar-refractivity contribution >= 4 is 17.7 Å². The first-order valence-corrected chi connectivity index (χ1v) is 7.39. The van der Waals surface area contributed by atoms with Crippen LogP contribution in [0.1, 0.15) is 24.3 Å². The summed E-state index contributed by atoms with van der Waals surface area (Å²) in [4.78, 5) is 13.9. The van der Waals surface area contributed by atoms with Gasteiger partial charge in [-0.15, -0.1) is 11.8 Å². The molecule has 19 heavy (non-hydrogen) atoms. The SMILES string of the molecule is CCCN1C(=O)CSC1c1cc(OC)ccc1OC. The van der Waals surface area contributed by atoms with Crippen molar-refractivity contribution in [3.8, 4) is 11.5 Å². The Labute approximate surface area is 118 Å². The van der Waals surface area contributed by atoms with Crippen LogP contribution in [-0.2, 0) is 4.79 Å². The molecule has 0 spiro atoms. The predicted octanol–water partition coefficient (Wildman–Crippen LogP) is 2.69. The number of nitrogens with zero attached hydrogens (tertiary/aromatic N) is 1. The molecule has 1 aliphatic rings. The highest BCUT2D eigenvalue weighted by atomic mass is 32.2. The molecule has 5 heteroatoms. The second-order valence-electron chi connectivity index (χ2n) is 4.36. The molecule has 104 valence electrons. The Morgan fingerprint density at radius 1 is 1.37 bits per heavy atom. The van der Waals surface area contributed by atoms with E-state index in [1.54, 1.807) is 26.0 Å². The first-order chi connectivity index (χ1) is 9.21. The van der Waals surface area contributed by atoms with E-state index in [4.69, 9.17) is 9.47 Å². The van der Waals surface area contributed by atoms with Crippen LogP contribution in [-0.4, -0.2) is 37.3 Å². The van der Waals surface area contributed by atoms with Crippen molar-refractivity contribution in [3.05, 3.63) is 23.8 Å². The van der Waals surface area contributed by atoms with E-state index in [0.29, 0.717) is 5.75 Å². The van der Waals surface area contributed by atoms with Gasteiger partial charge in [-0.3, -0.25) is 4.79 Å². The molecule has 0 aliphatic carbocycles. The highest BCUT2D eigenvalue weighted by Crippen LogP contribution is 2.43. The summed E-state index contributed by atoms with van der Waals surface area (Å²) in [6.07, 6.45) is 0.953. The standard InChI is InChI=1S/C14H19NO3S/c1-4-7-15-13(16)9-19-14(15)11-8-10(17-2)5-6-12(11)18-3/h5-6,8,14H,4,7,9H2,1-3H3. The van der Waals surface area contributed by atoms with Gasteiger partial charge in [-0.05, 0) is 24.6 Å². The van der Waals surface area contributed by atoms with Gasteiger partial charge in [0.25, 0.3) is 0 Å². The van der Waals surface area contributed by atoms with Gasteiger partial charge in [0.1, 0.15) is 16.9 Å². The third-order valence-corrected chi connectivity index (χ3v) is 4.37. The molecule has 1 aromatic rings. The van der Waals surface area contributed by atoms with Crippen LogP contribution in [0.2, 0.25) is 0 Å². The Morgan fingerprint density at radius 2 is 2.16 bits per heavy atom. The van der Waals surface area contributed by atoms with E-state index < -0.39 is 0 Å². The minimum Gasteiger partial charge on any atom is -0.497 e. The van der Waals surface area contributed by atoms with Gasteiger partial charge in [-0.2, -0.15) is 0 Å². The Morgan fingerprint density at radius 3 is 2.79 bits per heavy atom. The first kappa shape index (κ1) is 14.1. The summed E-state index contributed by atoms with van der Waals surface area (Å²) in [7, 11) is 3.29. The number of ether oxygens (including phenoxy) is 2. The zero-order valence-electron chi connectivity index (χ0n) is 11.5. The van der Waals surface area contributed by atoms with Crippen LogP contribution in [0, 0.1) is 0 Å². The third kappa shape index (κ3) is 2.81. The maximum absolute atomic E-state index is 11.9. The van der Waals surface area contributed by atoms with E-state index in [1.807, 2.05) is 23.1 Å². The number of hydrogen-bond acceptors (Lipinski definition) is 4. The van der Waals surface area contributed by atoms with Gasteiger partial charge in [0, 0.05) is 12.1 Å². The molecule has 0 bridgehead atoms. The van der Waals surface area contributed by atoms with Crippen LogP contribution in [0.25, 0.3) is 0 Å². The molecular weight excluding hydrogens is 262 g/mol. The number of carbonyl (C=O) groups is 1. The number of benzene rings is 1. The molecule has 0 aromatic heterocycles. The average Bonchev–Trinajstić information content (AvgIpc) is 2.80. The molecule has 0 N–H and O–H groups in total. The van der Waals surface area contributed by atoms with Crippen molar-refractivity contribution in [1.82, 2.24) is 4.90 Å². The van der Waals surface area contributed by atoms with Gasteiger partial charge in [-0.1, -0.05) is 6.92 Å². The third-order valence-electron chi connectivity index (χ3n) is 3.14. The lowest BCUT2D eigenvalue weighted by Gasteiger charge is -2.25. The van der Waals surface area contributed by atoms with Gasteiger partial charge >= 0.3 is 0 Å². The number of hydrogen-bond donors (Lipinski definition) is 0. The van der Waals surface area contributed by atoms with E-state index in [1.165, 1.54) is 0 Å². The second kappa shape index (κ2) is 6.19. The van der Waals surface area contributed by atoms with Crippen molar-refractivity contribution in [3.63, 3.8) is 0 Å². The minimum atomic E-state index is 0.0255. The largest absolute Gasteiger partial charge is 0.497 e. The molecular formula is C14H19NO3S. The van der Waals surface area contributed by atoms with Crippen LogP contribution in [0.3, 0.4) is 0 Å². The summed E-state index contributed by atoms with van der Waals surface area (Å²) in [5.74, 6) is 2.31. The lowest BCUT2D eigenvalue weighted by Crippen LogP contribution is -2.29. The molecule has 4 nitrogen and oxygen atoms in total. The summed E-state index contributed by atoms with van der Waals surface area (Å²) in [5, 5.41) is 0.0255. The maximum Gasteiger partial charge on any atom is 0.233 e. The molecule has 1 aliphatic heterocycles. The summed E-state index contributed by atoms with van der Waals surface area (Å²) in [5.41, 5.74) is 1.01. The summed E-state index contributed by atoms with van der Waals surface area (Å²) < 4.78 is 10.7. The molecule has 2 rings (SSSR count). The number of amides is 1. The molecule has 1 atom stereocenters. The smallest absolute Gasteiger partial charge is 0.233 e. The van der Waals surface area contributed by atoms with Crippen LogP contribution in [0.15, 0.2) is 18.2 Å². The molecule has 0 saturated carbocycles. The van der Waals surface area contributed by atoms with Crippen LogP contribution in [0.4, 0.5) is 0 Å². The summed E-state index contributed by atoms with van der Waals surface area (Å²) in [6.45, 7) is 2.85. The summed E-state index contributed by atoms with van der Waals surface area (Å²) in [6, 6.07) is 5.72. The zero-order valence-corrected chi connectivity index (χ0v) is 12.3. The lowest BCUT2D eigenvalue weighted by atomic mass is 10.1. The molecule has 1 heterocycles. The maximum atomic E-state index is 11.9. The fourth-order valence-corrected chi connectivity index (χ4v) is 3.46. The summed E-state index contributed by atoms with van der Waals surface area (Å²) >= 11 is 1.64. The van der Waals surface area contributed by atoms with E-state index in [2.05, 4.69) is 6.92 Å². The van der Waals surface area contributed by atoms with Crippen LogP contribution in [0.5, 0.6) is 11.5 Å². The fourth-order valence-electron chi connectivity index (χ4n) is 2.23. The van der Waals surface area contributed by atoms with Crippen molar-refractivity contribution in [1.29, 1.82) is 0 Å². The Bertz CT molecular complexity index is 464. The molecule has 1 amide bonds. The van der Waals surface area contributed by atoms with Crippen LogP contribution >= 0.6 is 11.8 Å². The molecule has 1 fully saturated rings. The number of methoxy groups -OCH3 is 2. The number of rotatable bonds is 5. The Kier molecular flexibility index (Phi) is 4.58. The Hall–Kier alpha value is -1.36. The normalized spacial score (nSPS) is 18.8. The van der Waals surface area contributed by atoms with E-state index in [0.717, 1.165) is 30.0 Å². The van der Waals surface area contributed by atoms with Crippen molar-refractivity contribution in [2.45, 2.75) is 18.7 Å². The van der Waals surface area contributed by atoms with Gasteiger partial charge in [0.15, 0.2) is 0 Å². The van der Waals surface area contributed by atoms with Crippen molar-refractivity contribution in [2.24, 2.45) is 0 Å². The lowest BCUT2D eigenvalue weighted by molar-refractivity contribution is -0.128. The number of carbonyl (C=O) groups excluding carboxylic acids is 1. The van der Waals surface area contributed by atoms with Crippen LogP contribution < -0.4 is 9.47 Å². The minimum absolute atomic E-state index is 0.0255. The van der Waals surface area contributed by atoms with Crippen molar-refractivity contribution < 1.29 is 14.3 Å². The quantitative estimate of drug-likeness (QED) is 0.832. The monoisotopic (exact) mass is 281 g/mol. The molecule has 1 unspecified atom stereocenters. The number of thioether (sulfide) groups is 1. The Balaban J connectivity index is 2.36. The molecule has 1 aromatic carbocycles. The average molecular weight is 281 g/mol. The van der Waals surface area contributed by atoms with Crippen molar-refractivity contribution in [2.75, 3.05) is 26.5 Å². The van der Waals surface area contributed by atoms with Gasteiger partial charge in [0.05, 0.1) is 20.0 Å². The van der Waals surface area contributed by atoms with Gasteiger partial charge in [0.2, 0.25) is 5.91 Å². The second-order valence-corrected chi connectivity index (χ2v) is 5.43. The highest BCUT2D eigenvalue weighted by molar-refractivity contribution is 8.00. The molecule has 0 radical (unpaired) electrons. The first-order valence-electron chi connectivity index (χ1n) is 6.34. The highest BCUT2D eigenvalue weighted by Gasteiger charge is 2.34. The van der Waals surface area contributed by atoms with E-state index >= 15 is 0 Å². The topological polar surface area (TPSA) is 38.8 Å². The predicted molar refractivity (Wildman–Crippen MR) is 76.7 cm³/mol. The fraction of sp³-hybridized carbons (Fsp3) is 0.500. The van der Waals surface area contributed by atoms with E-state index in [-0.39, 0.29) is 11.3 Å².